The van der Waals surface area contributed by atoms with E-state index in [1.54, 1.807) is 13.0 Å². The number of carbonyl (C=O) groups excluding carboxylic acids is 2. The molecule has 1 aromatic carbocycles. The van der Waals surface area contributed by atoms with E-state index in [1.807, 2.05) is 46.8 Å². The molecule has 3 N–H and O–H groups in total. The van der Waals surface area contributed by atoms with E-state index in [2.05, 4.69) is 16.0 Å². The van der Waals surface area contributed by atoms with Crippen LogP contribution < -0.4 is 20.7 Å². The van der Waals surface area contributed by atoms with E-state index >= 15 is 0 Å². The van der Waals surface area contributed by atoms with Gasteiger partial charge in [0.25, 0.3) is 0 Å². The normalized spacial score (nSPS) is 13.1. The number of amides is 3. The first-order valence-corrected chi connectivity index (χ1v) is 8.38. The molecular weight excluding hydrogens is 306 g/mol. The van der Waals surface area contributed by atoms with Gasteiger partial charge < -0.3 is 20.7 Å². The zero-order valence-electron chi connectivity index (χ0n) is 15.4. The smallest absolute Gasteiger partial charge is 0.319 e. The Kier molecular flexibility index (Phi) is 7.55. The number of urea groups is 1. The van der Waals surface area contributed by atoms with Crippen molar-refractivity contribution in [3.8, 4) is 5.75 Å². The minimum atomic E-state index is -0.608. The van der Waals surface area contributed by atoms with Crippen molar-refractivity contribution >= 4 is 17.6 Å². The first-order chi connectivity index (χ1) is 11.2. The van der Waals surface area contributed by atoms with Crippen molar-refractivity contribution in [2.45, 2.75) is 66.2 Å². The second-order valence-corrected chi connectivity index (χ2v) is 6.28. The number of anilines is 1. The summed E-state index contributed by atoms with van der Waals surface area (Å²) >= 11 is 0. The predicted molar refractivity (Wildman–Crippen MR) is 96.5 cm³/mol. The summed E-state index contributed by atoms with van der Waals surface area (Å²) in [6.07, 6.45) is 0.936. The molecule has 0 saturated heterocycles. The number of nitrogens with one attached hydrogen (secondary N) is 3. The largest absolute Gasteiger partial charge is 0.491 e. The summed E-state index contributed by atoms with van der Waals surface area (Å²) in [4.78, 5) is 24.0. The fraction of sp³-hybridized carbons (Fsp3) is 0.556. The molecule has 0 aliphatic rings. The molecule has 0 aromatic heterocycles. The summed E-state index contributed by atoms with van der Waals surface area (Å²) in [5.74, 6) is 0.562. The maximum atomic E-state index is 12.1. The third-order valence-corrected chi connectivity index (χ3v) is 3.56. The first kappa shape index (κ1) is 19.8. The third kappa shape index (κ3) is 6.48. The van der Waals surface area contributed by atoms with Crippen LogP contribution in [0.3, 0.4) is 0 Å². The summed E-state index contributed by atoms with van der Waals surface area (Å²) in [6, 6.07) is 4.53. The van der Waals surface area contributed by atoms with Crippen LogP contribution in [0.2, 0.25) is 0 Å². The van der Waals surface area contributed by atoms with Gasteiger partial charge in [-0.05, 0) is 64.8 Å². The van der Waals surface area contributed by atoms with Crippen LogP contribution in [0.25, 0.3) is 0 Å². The molecule has 134 valence electrons. The van der Waals surface area contributed by atoms with E-state index in [4.69, 9.17) is 4.74 Å². The average molecular weight is 335 g/mol. The molecule has 0 saturated carbocycles. The highest BCUT2D eigenvalue weighted by Gasteiger charge is 2.17. The second-order valence-electron chi connectivity index (χ2n) is 6.28. The number of rotatable bonds is 7. The van der Waals surface area contributed by atoms with Gasteiger partial charge in [-0.15, -0.1) is 0 Å². The molecule has 6 nitrogen and oxygen atoms in total. The Morgan fingerprint density at radius 2 is 1.79 bits per heavy atom. The van der Waals surface area contributed by atoms with Gasteiger partial charge in [-0.25, -0.2) is 4.79 Å². The zero-order valence-corrected chi connectivity index (χ0v) is 15.4. The van der Waals surface area contributed by atoms with E-state index in [0.717, 1.165) is 17.7 Å². The molecule has 0 aliphatic carbocycles. The quantitative estimate of drug-likeness (QED) is 0.716. The highest BCUT2D eigenvalue weighted by Crippen LogP contribution is 2.22. The van der Waals surface area contributed by atoms with Gasteiger partial charge in [-0.3, -0.25) is 4.79 Å². The fourth-order valence-corrected chi connectivity index (χ4v) is 2.01. The Morgan fingerprint density at radius 3 is 2.33 bits per heavy atom. The summed E-state index contributed by atoms with van der Waals surface area (Å²) < 4.78 is 5.62. The highest BCUT2D eigenvalue weighted by molar-refractivity contribution is 5.94. The van der Waals surface area contributed by atoms with Crippen molar-refractivity contribution in [1.82, 2.24) is 10.6 Å². The molecule has 0 spiro atoms. The zero-order chi connectivity index (χ0) is 18.3. The van der Waals surface area contributed by atoms with E-state index in [1.165, 1.54) is 0 Å². The maximum Gasteiger partial charge on any atom is 0.319 e. The van der Waals surface area contributed by atoms with Crippen molar-refractivity contribution in [3.05, 3.63) is 23.8 Å². The van der Waals surface area contributed by atoms with Crippen molar-refractivity contribution in [3.63, 3.8) is 0 Å². The Morgan fingerprint density at radius 1 is 1.12 bits per heavy atom. The van der Waals surface area contributed by atoms with E-state index < -0.39 is 12.1 Å². The van der Waals surface area contributed by atoms with E-state index in [0.29, 0.717) is 5.69 Å². The van der Waals surface area contributed by atoms with Crippen molar-refractivity contribution in [1.29, 1.82) is 0 Å². The lowest BCUT2D eigenvalue weighted by Crippen LogP contribution is -2.48. The van der Waals surface area contributed by atoms with Gasteiger partial charge in [0.2, 0.25) is 5.91 Å². The van der Waals surface area contributed by atoms with Crippen molar-refractivity contribution < 1.29 is 14.3 Å². The second kappa shape index (κ2) is 9.15. The molecule has 0 bridgehead atoms. The van der Waals surface area contributed by atoms with Crippen LogP contribution >= 0.6 is 0 Å². The lowest BCUT2D eigenvalue weighted by atomic mass is 10.2. The van der Waals surface area contributed by atoms with Gasteiger partial charge in [0, 0.05) is 11.7 Å². The van der Waals surface area contributed by atoms with Crippen LogP contribution in [0.5, 0.6) is 5.75 Å². The molecule has 2 atom stereocenters. The number of carbonyl (C=O) groups is 2. The maximum absolute atomic E-state index is 12.1. The molecule has 6 heteroatoms. The number of hydrogen-bond acceptors (Lipinski definition) is 3. The lowest BCUT2D eigenvalue weighted by molar-refractivity contribution is -0.123. The minimum absolute atomic E-state index is 0.0838. The van der Waals surface area contributed by atoms with Crippen LogP contribution in [0, 0.1) is 6.92 Å². The minimum Gasteiger partial charge on any atom is -0.491 e. The Balaban J connectivity index is 2.60. The van der Waals surface area contributed by atoms with Gasteiger partial charge in [-0.2, -0.15) is 0 Å². The van der Waals surface area contributed by atoms with Crippen molar-refractivity contribution in [2.24, 2.45) is 0 Å². The summed E-state index contributed by atoms with van der Waals surface area (Å²) in [5, 5.41) is 8.23. The molecule has 3 amide bonds. The van der Waals surface area contributed by atoms with Crippen LogP contribution in [-0.2, 0) is 4.79 Å². The molecule has 1 rings (SSSR count). The first-order valence-electron chi connectivity index (χ1n) is 8.38. The van der Waals surface area contributed by atoms with Crippen LogP contribution in [0.1, 0.15) is 46.6 Å². The monoisotopic (exact) mass is 335 g/mol. The van der Waals surface area contributed by atoms with Crippen LogP contribution in [0.15, 0.2) is 18.2 Å². The lowest BCUT2D eigenvalue weighted by Gasteiger charge is -2.18. The van der Waals surface area contributed by atoms with Gasteiger partial charge in [0.1, 0.15) is 11.8 Å². The van der Waals surface area contributed by atoms with Crippen LogP contribution in [-0.4, -0.2) is 30.1 Å². The molecule has 0 fully saturated rings. The van der Waals surface area contributed by atoms with Crippen molar-refractivity contribution in [2.75, 3.05) is 5.32 Å². The molecule has 0 heterocycles. The molecule has 0 unspecified atom stereocenters. The number of benzene rings is 1. The number of ether oxygens (including phenoxy) is 1. The van der Waals surface area contributed by atoms with E-state index in [-0.39, 0.29) is 18.1 Å². The Labute approximate surface area is 144 Å². The number of aryl methyl sites for hydroxylation is 1. The summed E-state index contributed by atoms with van der Waals surface area (Å²) in [6.45, 7) is 11.4. The molecule has 0 aliphatic heterocycles. The standard InChI is InChI=1S/C18H29N3O3/c1-7-13(5)19-17(22)14(6)20-18(23)21-16-9-8-15(10-12(16)4)24-11(2)3/h8-11,13-14H,7H2,1-6H3,(H,19,22)(H2,20,21,23)/t13-,14-/m1/s1. The van der Waals surface area contributed by atoms with Gasteiger partial charge in [-0.1, -0.05) is 6.92 Å². The molecular formula is C18H29N3O3. The predicted octanol–water partition coefficient (Wildman–Crippen LogP) is 3.21. The van der Waals surface area contributed by atoms with Gasteiger partial charge >= 0.3 is 6.03 Å². The highest BCUT2D eigenvalue weighted by atomic mass is 16.5. The Hall–Kier alpha value is -2.24. The number of hydrogen-bond donors (Lipinski definition) is 3. The fourth-order valence-electron chi connectivity index (χ4n) is 2.01. The summed E-state index contributed by atoms with van der Waals surface area (Å²) in [5.41, 5.74) is 1.57. The summed E-state index contributed by atoms with van der Waals surface area (Å²) in [7, 11) is 0. The molecule has 24 heavy (non-hydrogen) atoms. The third-order valence-electron chi connectivity index (χ3n) is 3.56. The topological polar surface area (TPSA) is 79.5 Å². The molecule has 0 radical (unpaired) electrons. The van der Waals surface area contributed by atoms with E-state index in [9.17, 15) is 9.59 Å². The average Bonchev–Trinajstić information content (AvgIpc) is 2.49. The van der Waals surface area contributed by atoms with Gasteiger partial charge in [0.15, 0.2) is 0 Å². The SMILES string of the molecule is CC[C@@H](C)NC(=O)[C@@H](C)NC(=O)Nc1ccc(OC(C)C)cc1C. The Bertz CT molecular complexity index is 573. The van der Waals surface area contributed by atoms with Crippen LogP contribution in [0.4, 0.5) is 10.5 Å². The molecule has 1 aromatic rings. The van der Waals surface area contributed by atoms with Gasteiger partial charge in [0.05, 0.1) is 6.10 Å².